The summed E-state index contributed by atoms with van der Waals surface area (Å²) >= 11 is 5.20. The second-order valence-corrected chi connectivity index (χ2v) is 5.41. The van der Waals surface area contributed by atoms with Crippen molar-refractivity contribution < 1.29 is 0 Å². The lowest BCUT2D eigenvalue weighted by Crippen LogP contribution is -1.96. The number of benzene rings is 1. The lowest BCUT2D eigenvalue weighted by Gasteiger charge is -2.04. The molecule has 0 aliphatic rings. The average Bonchev–Trinajstić information content (AvgIpc) is 2.64. The molecule has 84 valence electrons. The van der Waals surface area contributed by atoms with Crippen molar-refractivity contribution in [2.75, 3.05) is 0 Å². The molecule has 3 nitrogen and oxygen atoms in total. The van der Waals surface area contributed by atoms with Crippen molar-refractivity contribution in [1.82, 2.24) is 9.78 Å². The molecule has 1 aromatic carbocycles. The van der Waals surface area contributed by atoms with E-state index in [1.54, 1.807) is 16.4 Å². The van der Waals surface area contributed by atoms with Gasteiger partial charge in [0.25, 0.3) is 0 Å². The molecule has 5 heteroatoms. The van der Waals surface area contributed by atoms with Gasteiger partial charge in [0, 0.05) is 29.2 Å². The SMILES string of the molecule is Cn1cc(Sc2ccc(CN)c(Br)c2)cn1. The van der Waals surface area contributed by atoms with Gasteiger partial charge in [-0.1, -0.05) is 33.8 Å². The van der Waals surface area contributed by atoms with Crippen molar-refractivity contribution >= 4 is 27.7 Å². The number of hydrogen-bond acceptors (Lipinski definition) is 3. The van der Waals surface area contributed by atoms with E-state index in [1.165, 1.54) is 4.90 Å². The predicted molar refractivity (Wildman–Crippen MR) is 69.4 cm³/mol. The van der Waals surface area contributed by atoms with E-state index < -0.39 is 0 Å². The number of nitrogens with zero attached hydrogens (tertiary/aromatic N) is 2. The first-order chi connectivity index (χ1) is 7.69. The summed E-state index contributed by atoms with van der Waals surface area (Å²) in [5.41, 5.74) is 6.73. The number of aryl methyl sites for hydroxylation is 1. The van der Waals surface area contributed by atoms with E-state index in [0.29, 0.717) is 6.54 Å². The molecule has 0 bridgehead atoms. The van der Waals surface area contributed by atoms with Crippen LogP contribution in [-0.4, -0.2) is 9.78 Å². The quantitative estimate of drug-likeness (QED) is 0.947. The molecule has 0 spiro atoms. The van der Waals surface area contributed by atoms with Crippen molar-refractivity contribution in [2.24, 2.45) is 12.8 Å². The maximum atomic E-state index is 5.61. The lowest BCUT2D eigenvalue weighted by atomic mass is 10.2. The minimum atomic E-state index is 0.554. The highest BCUT2D eigenvalue weighted by atomic mass is 79.9. The third kappa shape index (κ3) is 2.66. The molecule has 0 radical (unpaired) electrons. The van der Waals surface area contributed by atoms with Crippen LogP contribution in [0.2, 0.25) is 0 Å². The molecule has 0 unspecified atom stereocenters. The monoisotopic (exact) mass is 297 g/mol. The van der Waals surface area contributed by atoms with Gasteiger partial charge in [-0.25, -0.2) is 0 Å². The Morgan fingerprint density at radius 3 is 2.81 bits per heavy atom. The molecule has 16 heavy (non-hydrogen) atoms. The van der Waals surface area contributed by atoms with Gasteiger partial charge in [0.2, 0.25) is 0 Å². The van der Waals surface area contributed by atoms with Crippen LogP contribution in [0, 0.1) is 0 Å². The first-order valence-corrected chi connectivity index (χ1v) is 6.45. The van der Waals surface area contributed by atoms with E-state index in [-0.39, 0.29) is 0 Å². The molecule has 0 fully saturated rings. The zero-order valence-electron chi connectivity index (χ0n) is 8.85. The zero-order chi connectivity index (χ0) is 11.5. The van der Waals surface area contributed by atoms with Crippen molar-refractivity contribution in [3.05, 3.63) is 40.6 Å². The summed E-state index contributed by atoms with van der Waals surface area (Å²) < 4.78 is 2.86. The molecule has 0 aliphatic carbocycles. The van der Waals surface area contributed by atoms with Gasteiger partial charge in [-0.15, -0.1) is 0 Å². The Labute approximate surface area is 107 Å². The lowest BCUT2D eigenvalue weighted by molar-refractivity contribution is 0.766. The van der Waals surface area contributed by atoms with Gasteiger partial charge in [0.15, 0.2) is 0 Å². The Balaban J connectivity index is 2.19. The molecular weight excluding hydrogens is 286 g/mol. The normalized spacial score (nSPS) is 10.7. The number of aromatic nitrogens is 2. The van der Waals surface area contributed by atoms with E-state index in [0.717, 1.165) is 14.9 Å². The molecule has 2 rings (SSSR count). The molecular formula is C11H12BrN3S. The number of nitrogens with two attached hydrogens (primary N) is 1. The molecule has 0 aliphatic heterocycles. The minimum absolute atomic E-state index is 0.554. The first kappa shape index (κ1) is 11.7. The predicted octanol–water partition coefficient (Wildman–Crippen LogP) is 2.79. The highest BCUT2D eigenvalue weighted by Crippen LogP contribution is 2.30. The third-order valence-corrected chi connectivity index (χ3v) is 3.84. The summed E-state index contributed by atoms with van der Waals surface area (Å²) in [6.45, 7) is 0.554. The zero-order valence-corrected chi connectivity index (χ0v) is 11.3. The van der Waals surface area contributed by atoms with Gasteiger partial charge in [-0.2, -0.15) is 5.10 Å². The van der Waals surface area contributed by atoms with E-state index in [2.05, 4.69) is 33.2 Å². The minimum Gasteiger partial charge on any atom is -0.326 e. The Morgan fingerprint density at radius 1 is 1.44 bits per heavy atom. The van der Waals surface area contributed by atoms with E-state index in [9.17, 15) is 0 Å². The van der Waals surface area contributed by atoms with Gasteiger partial charge in [-0.3, -0.25) is 4.68 Å². The van der Waals surface area contributed by atoms with Crippen LogP contribution in [0.25, 0.3) is 0 Å². The number of rotatable bonds is 3. The maximum absolute atomic E-state index is 5.61. The summed E-state index contributed by atoms with van der Waals surface area (Å²) in [5, 5.41) is 4.13. The molecule has 2 aromatic rings. The molecule has 0 saturated carbocycles. The second kappa shape index (κ2) is 5.03. The smallest absolute Gasteiger partial charge is 0.0629 e. The summed E-state index contributed by atoms with van der Waals surface area (Å²) in [5.74, 6) is 0. The van der Waals surface area contributed by atoms with Crippen molar-refractivity contribution in [3.8, 4) is 0 Å². The summed E-state index contributed by atoms with van der Waals surface area (Å²) in [7, 11) is 1.91. The maximum Gasteiger partial charge on any atom is 0.0629 e. The first-order valence-electron chi connectivity index (χ1n) is 4.84. The number of halogens is 1. The van der Waals surface area contributed by atoms with E-state index in [4.69, 9.17) is 5.73 Å². The van der Waals surface area contributed by atoms with E-state index >= 15 is 0 Å². The van der Waals surface area contributed by atoms with Gasteiger partial charge in [0.1, 0.15) is 0 Å². The number of hydrogen-bond donors (Lipinski definition) is 1. The fraction of sp³-hybridized carbons (Fsp3) is 0.182. The highest BCUT2D eigenvalue weighted by Gasteiger charge is 2.03. The van der Waals surface area contributed by atoms with Crippen LogP contribution in [0.4, 0.5) is 0 Å². The van der Waals surface area contributed by atoms with Gasteiger partial charge in [0.05, 0.1) is 11.1 Å². The summed E-state index contributed by atoms with van der Waals surface area (Å²) in [6.07, 6.45) is 3.85. The van der Waals surface area contributed by atoms with Crippen LogP contribution in [0.15, 0.2) is 44.9 Å². The Morgan fingerprint density at radius 2 is 2.25 bits per heavy atom. The second-order valence-electron chi connectivity index (χ2n) is 3.41. The standard InChI is InChI=1S/C11H12BrN3S/c1-15-7-10(6-14-15)16-9-3-2-8(5-13)11(12)4-9/h2-4,6-7H,5,13H2,1H3. The molecule has 2 N–H and O–H groups in total. The van der Waals surface area contributed by atoms with Crippen molar-refractivity contribution in [2.45, 2.75) is 16.3 Å². The van der Waals surface area contributed by atoms with Crippen LogP contribution in [0.3, 0.4) is 0 Å². The van der Waals surface area contributed by atoms with Crippen molar-refractivity contribution in [3.63, 3.8) is 0 Å². The Kier molecular flexibility index (Phi) is 3.68. The Hall–Kier alpha value is -0.780. The molecule has 0 amide bonds. The van der Waals surface area contributed by atoms with Crippen LogP contribution in [0.1, 0.15) is 5.56 Å². The molecule has 1 heterocycles. The van der Waals surface area contributed by atoms with Gasteiger partial charge in [-0.05, 0) is 17.7 Å². The van der Waals surface area contributed by atoms with Crippen LogP contribution in [-0.2, 0) is 13.6 Å². The fourth-order valence-corrected chi connectivity index (χ4v) is 2.93. The summed E-state index contributed by atoms with van der Waals surface area (Å²) in [6, 6.07) is 6.20. The van der Waals surface area contributed by atoms with E-state index in [1.807, 2.05) is 25.5 Å². The fourth-order valence-electron chi connectivity index (χ4n) is 1.34. The topological polar surface area (TPSA) is 43.8 Å². The molecule has 1 aromatic heterocycles. The van der Waals surface area contributed by atoms with Crippen molar-refractivity contribution in [1.29, 1.82) is 0 Å². The largest absolute Gasteiger partial charge is 0.326 e. The Bertz CT molecular complexity index is 496. The molecule has 0 atom stereocenters. The van der Waals surface area contributed by atoms with Gasteiger partial charge >= 0.3 is 0 Å². The van der Waals surface area contributed by atoms with Crippen LogP contribution in [0.5, 0.6) is 0 Å². The molecule has 0 saturated heterocycles. The summed E-state index contributed by atoms with van der Waals surface area (Å²) in [4.78, 5) is 2.31. The average molecular weight is 298 g/mol. The third-order valence-electron chi connectivity index (χ3n) is 2.16. The highest BCUT2D eigenvalue weighted by molar-refractivity contribution is 9.10. The van der Waals surface area contributed by atoms with Gasteiger partial charge < -0.3 is 5.73 Å². The van der Waals surface area contributed by atoms with Crippen LogP contribution >= 0.6 is 27.7 Å². The van der Waals surface area contributed by atoms with Crippen LogP contribution < -0.4 is 5.73 Å².